The van der Waals surface area contributed by atoms with Gasteiger partial charge in [0.2, 0.25) is 0 Å². The minimum atomic E-state index is -0.763. The topological polar surface area (TPSA) is 78.9 Å². The van der Waals surface area contributed by atoms with Crippen LogP contribution in [0.2, 0.25) is 0 Å². The monoisotopic (exact) mass is 999 g/mol. The summed E-state index contributed by atoms with van der Waals surface area (Å²) in [6.45, 7) is 6.65. The Bertz CT molecular complexity index is 1150. The Morgan fingerprint density at radius 3 is 0.775 bits per heavy atom. The van der Waals surface area contributed by atoms with Crippen LogP contribution >= 0.6 is 0 Å². The average molecular weight is 1000 g/mol. The molecule has 1 unspecified atom stereocenters. The highest BCUT2D eigenvalue weighted by Gasteiger charge is 2.19. The van der Waals surface area contributed by atoms with E-state index >= 15 is 0 Å². The molecule has 6 heteroatoms. The van der Waals surface area contributed by atoms with Crippen molar-refractivity contribution in [1.82, 2.24) is 0 Å². The smallest absolute Gasteiger partial charge is 0.306 e. The van der Waals surface area contributed by atoms with E-state index in [-0.39, 0.29) is 31.1 Å². The van der Waals surface area contributed by atoms with Gasteiger partial charge in [-0.3, -0.25) is 14.4 Å². The van der Waals surface area contributed by atoms with Gasteiger partial charge >= 0.3 is 17.9 Å². The van der Waals surface area contributed by atoms with E-state index in [1.807, 2.05) is 0 Å². The van der Waals surface area contributed by atoms with Crippen molar-refractivity contribution in [3.05, 3.63) is 24.3 Å². The summed E-state index contributed by atoms with van der Waals surface area (Å²) in [5.41, 5.74) is 0. The highest BCUT2D eigenvalue weighted by molar-refractivity contribution is 5.71. The Kier molecular flexibility index (Phi) is 58.6. The van der Waals surface area contributed by atoms with Crippen LogP contribution in [0.15, 0.2) is 24.3 Å². The second kappa shape index (κ2) is 60.4. The summed E-state index contributed by atoms with van der Waals surface area (Å²) in [7, 11) is 0. The predicted molar refractivity (Wildman–Crippen MR) is 307 cm³/mol. The molecule has 0 amide bonds. The van der Waals surface area contributed by atoms with Crippen molar-refractivity contribution in [1.29, 1.82) is 0 Å². The molecule has 0 spiro atoms. The second-order valence-electron chi connectivity index (χ2n) is 21.7. The van der Waals surface area contributed by atoms with Gasteiger partial charge in [0.05, 0.1) is 0 Å². The van der Waals surface area contributed by atoms with E-state index in [9.17, 15) is 14.4 Å². The maximum atomic E-state index is 12.8. The van der Waals surface area contributed by atoms with Gasteiger partial charge in [-0.15, -0.1) is 0 Å². The van der Waals surface area contributed by atoms with E-state index in [0.29, 0.717) is 19.3 Å². The first kappa shape index (κ1) is 68.9. The number of ether oxygens (including phenoxy) is 3. The minimum Gasteiger partial charge on any atom is -0.462 e. The molecule has 0 fully saturated rings. The Balaban J connectivity index is 4.02. The summed E-state index contributed by atoms with van der Waals surface area (Å²) in [5, 5.41) is 0. The van der Waals surface area contributed by atoms with Gasteiger partial charge in [-0.05, 0) is 51.4 Å². The molecule has 0 aromatic rings. The lowest BCUT2D eigenvalue weighted by Gasteiger charge is -2.18. The molecule has 0 aliphatic rings. The van der Waals surface area contributed by atoms with E-state index in [4.69, 9.17) is 14.2 Å². The van der Waals surface area contributed by atoms with Gasteiger partial charge in [0.25, 0.3) is 0 Å². The summed E-state index contributed by atoms with van der Waals surface area (Å²) < 4.78 is 16.8. The summed E-state index contributed by atoms with van der Waals surface area (Å²) >= 11 is 0. The summed E-state index contributed by atoms with van der Waals surface area (Å²) in [4.78, 5) is 38.0. The van der Waals surface area contributed by atoms with Crippen LogP contribution in [0, 0.1) is 0 Å². The molecule has 0 aliphatic carbocycles. The predicted octanol–water partition coefficient (Wildman–Crippen LogP) is 21.4. The van der Waals surface area contributed by atoms with Gasteiger partial charge in [0, 0.05) is 19.3 Å². The zero-order valence-corrected chi connectivity index (χ0v) is 48.0. The maximum absolute atomic E-state index is 12.8. The number of hydrogen-bond acceptors (Lipinski definition) is 6. The molecular weight excluding hydrogens is 877 g/mol. The van der Waals surface area contributed by atoms with Gasteiger partial charge in [-0.2, -0.15) is 0 Å². The second-order valence-corrected chi connectivity index (χ2v) is 21.7. The standard InChI is InChI=1S/C65H122O6/c1-4-7-10-13-16-18-20-22-24-26-27-28-29-30-31-32-33-34-35-36-37-39-40-42-44-46-49-52-55-58-64(67)70-61-62(60-69-63(66)57-54-51-48-15-12-9-6-3)71-65(68)59-56-53-50-47-45-43-41-38-25-23-21-19-17-14-11-8-5-2/h20,22,26-27,62H,4-19,21,23-25,28-61H2,1-3H3/b22-20-,27-26-. The largest absolute Gasteiger partial charge is 0.462 e. The molecule has 0 aromatic carbocycles. The number of allylic oxidation sites excluding steroid dienone is 4. The van der Waals surface area contributed by atoms with E-state index in [0.717, 1.165) is 64.2 Å². The highest BCUT2D eigenvalue weighted by atomic mass is 16.6. The molecule has 0 saturated heterocycles. The molecule has 0 N–H and O–H groups in total. The van der Waals surface area contributed by atoms with E-state index < -0.39 is 6.10 Å². The molecule has 0 aliphatic heterocycles. The molecule has 6 nitrogen and oxygen atoms in total. The molecule has 1 atom stereocenters. The van der Waals surface area contributed by atoms with Crippen molar-refractivity contribution in [2.75, 3.05) is 13.2 Å². The molecule has 71 heavy (non-hydrogen) atoms. The fourth-order valence-electron chi connectivity index (χ4n) is 9.65. The van der Waals surface area contributed by atoms with Crippen LogP contribution in [-0.4, -0.2) is 37.2 Å². The Morgan fingerprint density at radius 1 is 0.282 bits per heavy atom. The molecular formula is C65H122O6. The first-order valence-corrected chi connectivity index (χ1v) is 31.8. The molecule has 0 heterocycles. The number of carbonyl (C=O) groups is 3. The van der Waals surface area contributed by atoms with Gasteiger partial charge in [0.15, 0.2) is 6.10 Å². The normalized spacial score (nSPS) is 12.1. The molecule has 0 saturated carbocycles. The molecule has 0 bridgehead atoms. The quantitative estimate of drug-likeness (QED) is 0.0261. The lowest BCUT2D eigenvalue weighted by Crippen LogP contribution is -2.30. The third kappa shape index (κ3) is 58.7. The van der Waals surface area contributed by atoms with E-state index in [1.54, 1.807) is 0 Å². The Morgan fingerprint density at radius 2 is 0.507 bits per heavy atom. The van der Waals surface area contributed by atoms with E-state index in [1.165, 1.54) is 250 Å². The number of carbonyl (C=O) groups excluding carboxylic acids is 3. The summed E-state index contributed by atoms with van der Waals surface area (Å²) in [5.74, 6) is -0.847. The first-order chi connectivity index (χ1) is 35.0. The Hall–Kier alpha value is -2.11. The fourth-order valence-corrected chi connectivity index (χ4v) is 9.65. The van der Waals surface area contributed by atoms with Gasteiger partial charge < -0.3 is 14.2 Å². The molecule has 418 valence electrons. The highest BCUT2D eigenvalue weighted by Crippen LogP contribution is 2.18. The van der Waals surface area contributed by atoms with Crippen LogP contribution in [0.1, 0.15) is 355 Å². The lowest BCUT2D eigenvalue weighted by molar-refractivity contribution is -0.167. The third-order valence-electron chi connectivity index (χ3n) is 14.5. The fraction of sp³-hybridized carbons (Fsp3) is 0.892. The third-order valence-corrected chi connectivity index (χ3v) is 14.5. The molecule has 0 radical (unpaired) electrons. The number of unbranched alkanes of at least 4 members (excludes halogenated alkanes) is 44. The van der Waals surface area contributed by atoms with Crippen LogP contribution < -0.4 is 0 Å². The van der Waals surface area contributed by atoms with Crippen LogP contribution in [-0.2, 0) is 28.6 Å². The average Bonchev–Trinajstić information content (AvgIpc) is 3.37. The number of esters is 3. The Labute approximate surface area is 443 Å². The van der Waals surface area contributed by atoms with Crippen LogP contribution in [0.3, 0.4) is 0 Å². The lowest BCUT2D eigenvalue weighted by atomic mass is 10.0. The van der Waals surface area contributed by atoms with Gasteiger partial charge in [0.1, 0.15) is 13.2 Å². The van der Waals surface area contributed by atoms with Crippen molar-refractivity contribution in [2.24, 2.45) is 0 Å². The number of rotatable bonds is 59. The first-order valence-electron chi connectivity index (χ1n) is 31.8. The minimum absolute atomic E-state index is 0.0649. The van der Waals surface area contributed by atoms with Crippen molar-refractivity contribution in [2.45, 2.75) is 361 Å². The van der Waals surface area contributed by atoms with Gasteiger partial charge in [-0.25, -0.2) is 0 Å². The van der Waals surface area contributed by atoms with Crippen LogP contribution in [0.5, 0.6) is 0 Å². The van der Waals surface area contributed by atoms with Crippen molar-refractivity contribution >= 4 is 17.9 Å². The van der Waals surface area contributed by atoms with E-state index in [2.05, 4.69) is 45.1 Å². The summed E-state index contributed by atoms with van der Waals surface area (Å²) in [6.07, 6.45) is 72.2. The molecule has 0 aromatic heterocycles. The maximum Gasteiger partial charge on any atom is 0.306 e. The van der Waals surface area contributed by atoms with Gasteiger partial charge in [-0.1, -0.05) is 308 Å². The zero-order valence-electron chi connectivity index (χ0n) is 48.0. The summed E-state index contributed by atoms with van der Waals surface area (Å²) in [6, 6.07) is 0. The van der Waals surface area contributed by atoms with Crippen molar-refractivity contribution in [3.63, 3.8) is 0 Å². The van der Waals surface area contributed by atoms with Crippen LogP contribution in [0.4, 0.5) is 0 Å². The zero-order chi connectivity index (χ0) is 51.4. The van der Waals surface area contributed by atoms with Crippen molar-refractivity contribution < 1.29 is 28.6 Å². The number of hydrogen-bond donors (Lipinski definition) is 0. The van der Waals surface area contributed by atoms with Crippen molar-refractivity contribution in [3.8, 4) is 0 Å². The van der Waals surface area contributed by atoms with Crippen LogP contribution in [0.25, 0.3) is 0 Å². The molecule has 0 rings (SSSR count). The SMILES string of the molecule is CCCCCCC/C=C\C/C=C\CCCCCCCCCCCCCCCCCCCC(=O)OCC(COC(=O)CCCCCCCCC)OC(=O)CCCCCCCCCCCCCCCCCCC.